The highest BCUT2D eigenvalue weighted by Crippen LogP contribution is 2.32. The van der Waals surface area contributed by atoms with Gasteiger partial charge in [-0.1, -0.05) is 26.0 Å². The zero-order valence-electron chi connectivity index (χ0n) is 19.8. The molecular weight excluding hydrogens is 448 g/mol. The Hall–Kier alpha value is -4.05. The first kappa shape index (κ1) is 22.7. The number of carboxylic acid groups (broad SMARTS) is 1. The van der Waals surface area contributed by atoms with E-state index in [9.17, 15) is 9.90 Å². The number of carboxylic acids is 1. The van der Waals surface area contributed by atoms with Gasteiger partial charge >= 0.3 is 5.97 Å². The first-order valence-corrected chi connectivity index (χ1v) is 11.5. The molecule has 35 heavy (non-hydrogen) atoms. The van der Waals surface area contributed by atoms with E-state index < -0.39 is 5.97 Å². The van der Waals surface area contributed by atoms with Crippen molar-refractivity contribution in [3.63, 3.8) is 0 Å². The van der Waals surface area contributed by atoms with Crippen molar-refractivity contribution >= 4 is 33.6 Å². The van der Waals surface area contributed by atoms with Crippen LogP contribution in [0.3, 0.4) is 0 Å². The standard InChI is InChI=1S/C25H26N6O4/c1-4-34-14-21-26-22-23(30(21)12-15(2)3)19-11-18(8-9-20(19)31-24(22)27-28-29-31)35-13-16-6-5-7-17(10-16)25(32)33/h5-11,15H,4,12-14H2,1-3H3,(H,32,33). The van der Waals surface area contributed by atoms with Crippen molar-refractivity contribution < 1.29 is 19.4 Å². The van der Waals surface area contributed by atoms with E-state index in [0.717, 1.165) is 34.4 Å². The average Bonchev–Trinajstić information content (AvgIpc) is 3.47. The first-order valence-electron chi connectivity index (χ1n) is 11.5. The van der Waals surface area contributed by atoms with Gasteiger partial charge in [-0.3, -0.25) is 0 Å². The minimum Gasteiger partial charge on any atom is -0.489 e. The fraction of sp³-hybridized carbons (Fsp3) is 0.320. The Balaban J connectivity index is 1.63. The molecule has 0 unspecified atom stereocenters. The van der Waals surface area contributed by atoms with E-state index in [-0.39, 0.29) is 12.2 Å². The number of pyridine rings is 1. The van der Waals surface area contributed by atoms with Gasteiger partial charge in [-0.25, -0.2) is 9.78 Å². The van der Waals surface area contributed by atoms with E-state index in [2.05, 4.69) is 33.9 Å². The van der Waals surface area contributed by atoms with Gasteiger partial charge in [-0.15, -0.1) is 5.10 Å². The van der Waals surface area contributed by atoms with Crippen LogP contribution in [0.4, 0.5) is 0 Å². The number of tetrazole rings is 1. The number of rotatable bonds is 9. The number of nitrogens with zero attached hydrogens (tertiary/aromatic N) is 6. The Labute approximate surface area is 201 Å². The molecule has 0 aliphatic heterocycles. The molecule has 0 atom stereocenters. The van der Waals surface area contributed by atoms with Gasteiger partial charge in [0.1, 0.15) is 30.3 Å². The second kappa shape index (κ2) is 9.30. The van der Waals surface area contributed by atoms with Crippen molar-refractivity contribution in [1.82, 2.24) is 29.6 Å². The van der Waals surface area contributed by atoms with Gasteiger partial charge in [-0.05, 0) is 59.2 Å². The molecule has 10 nitrogen and oxygen atoms in total. The fourth-order valence-electron chi connectivity index (χ4n) is 4.23. The third-order valence-electron chi connectivity index (χ3n) is 5.74. The van der Waals surface area contributed by atoms with Crippen molar-refractivity contribution in [1.29, 1.82) is 0 Å². The minimum absolute atomic E-state index is 0.229. The highest BCUT2D eigenvalue weighted by molar-refractivity contribution is 6.08. The lowest BCUT2D eigenvalue weighted by atomic mass is 10.1. The lowest BCUT2D eigenvalue weighted by Crippen LogP contribution is -2.10. The van der Waals surface area contributed by atoms with E-state index in [1.807, 2.05) is 31.2 Å². The minimum atomic E-state index is -0.966. The molecular formula is C25H26N6O4. The molecule has 0 saturated heterocycles. The molecule has 5 aromatic rings. The van der Waals surface area contributed by atoms with Crippen molar-refractivity contribution in [2.45, 2.75) is 40.5 Å². The number of hydrogen-bond donors (Lipinski definition) is 1. The quantitative estimate of drug-likeness (QED) is 0.339. The molecule has 0 spiro atoms. The summed E-state index contributed by atoms with van der Waals surface area (Å²) in [6.07, 6.45) is 0. The molecule has 0 bridgehead atoms. The van der Waals surface area contributed by atoms with Gasteiger partial charge in [-0.2, -0.15) is 4.52 Å². The van der Waals surface area contributed by atoms with Crippen LogP contribution >= 0.6 is 0 Å². The summed E-state index contributed by atoms with van der Waals surface area (Å²) in [7, 11) is 0. The van der Waals surface area contributed by atoms with Crippen LogP contribution in [0.15, 0.2) is 42.5 Å². The third kappa shape index (κ3) is 4.28. The van der Waals surface area contributed by atoms with E-state index in [0.29, 0.717) is 36.0 Å². The molecule has 3 heterocycles. The van der Waals surface area contributed by atoms with Crippen LogP contribution in [-0.4, -0.2) is 47.3 Å². The largest absolute Gasteiger partial charge is 0.489 e. The Morgan fingerprint density at radius 2 is 2.00 bits per heavy atom. The Morgan fingerprint density at radius 1 is 1.14 bits per heavy atom. The predicted molar refractivity (Wildman–Crippen MR) is 129 cm³/mol. The van der Waals surface area contributed by atoms with Crippen LogP contribution in [0.2, 0.25) is 0 Å². The van der Waals surface area contributed by atoms with Crippen molar-refractivity contribution in [2.24, 2.45) is 5.92 Å². The van der Waals surface area contributed by atoms with Crippen molar-refractivity contribution in [3.8, 4) is 5.75 Å². The number of imidazole rings is 1. The van der Waals surface area contributed by atoms with Crippen LogP contribution < -0.4 is 4.74 Å². The van der Waals surface area contributed by atoms with Crippen LogP contribution in [0.25, 0.3) is 27.6 Å². The number of benzene rings is 2. The summed E-state index contributed by atoms with van der Waals surface area (Å²) in [5, 5.41) is 22.5. The average molecular weight is 475 g/mol. The summed E-state index contributed by atoms with van der Waals surface area (Å²) in [6.45, 7) is 8.27. The maximum absolute atomic E-state index is 11.3. The molecule has 0 saturated carbocycles. The number of aromatic carboxylic acids is 1. The van der Waals surface area contributed by atoms with E-state index in [4.69, 9.17) is 14.5 Å². The summed E-state index contributed by atoms with van der Waals surface area (Å²) in [4.78, 5) is 16.2. The second-order valence-electron chi connectivity index (χ2n) is 8.75. The molecule has 0 aliphatic rings. The Bertz CT molecular complexity index is 1540. The van der Waals surface area contributed by atoms with Gasteiger partial charge < -0.3 is 19.1 Å². The highest BCUT2D eigenvalue weighted by atomic mass is 16.5. The van der Waals surface area contributed by atoms with Crippen LogP contribution in [-0.2, 0) is 24.5 Å². The summed E-state index contributed by atoms with van der Waals surface area (Å²) < 4.78 is 15.6. The van der Waals surface area contributed by atoms with Gasteiger partial charge in [0.25, 0.3) is 0 Å². The molecule has 0 amide bonds. The van der Waals surface area contributed by atoms with Crippen LogP contribution in [0.1, 0.15) is 42.5 Å². The SMILES string of the molecule is CCOCc1nc2c(c3cc(OCc4cccc(C(=O)O)c4)ccc3n3nnnc23)n1CC(C)C. The van der Waals surface area contributed by atoms with Crippen LogP contribution in [0.5, 0.6) is 5.75 Å². The number of aromatic nitrogens is 6. The molecule has 5 rings (SSSR count). The van der Waals surface area contributed by atoms with Gasteiger partial charge in [0.15, 0.2) is 0 Å². The molecule has 2 aromatic carbocycles. The summed E-state index contributed by atoms with van der Waals surface area (Å²) in [6, 6.07) is 12.5. The molecule has 0 radical (unpaired) electrons. The monoisotopic (exact) mass is 474 g/mol. The Morgan fingerprint density at radius 3 is 2.77 bits per heavy atom. The Kier molecular flexibility index (Phi) is 6.04. The molecule has 3 aromatic heterocycles. The summed E-state index contributed by atoms with van der Waals surface area (Å²) in [5.41, 5.74) is 4.08. The van der Waals surface area contributed by atoms with Crippen LogP contribution in [0, 0.1) is 5.92 Å². The van der Waals surface area contributed by atoms with Gasteiger partial charge in [0.2, 0.25) is 5.65 Å². The number of carbonyl (C=O) groups is 1. The van der Waals surface area contributed by atoms with Gasteiger partial charge in [0.05, 0.1) is 16.6 Å². The van der Waals surface area contributed by atoms with E-state index in [1.54, 1.807) is 22.7 Å². The van der Waals surface area contributed by atoms with Gasteiger partial charge in [0, 0.05) is 18.5 Å². The number of hydrogen-bond acceptors (Lipinski definition) is 7. The summed E-state index contributed by atoms with van der Waals surface area (Å²) in [5.74, 6) is 0.892. The third-order valence-corrected chi connectivity index (χ3v) is 5.74. The smallest absolute Gasteiger partial charge is 0.335 e. The summed E-state index contributed by atoms with van der Waals surface area (Å²) >= 11 is 0. The molecule has 10 heteroatoms. The first-order chi connectivity index (χ1) is 17.0. The lowest BCUT2D eigenvalue weighted by molar-refractivity contribution is 0.0696. The topological polar surface area (TPSA) is 117 Å². The van der Waals surface area contributed by atoms with E-state index in [1.165, 1.54) is 0 Å². The molecule has 180 valence electrons. The molecule has 0 fully saturated rings. The number of fused-ring (bicyclic) bond motifs is 6. The molecule has 1 N–H and O–H groups in total. The zero-order chi connectivity index (χ0) is 24.5. The lowest BCUT2D eigenvalue weighted by Gasteiger charge is -2.14. The maximum atomic E-state index is 11.3. The highest BCUT2D eigenvalue weighted by Gasteiger charge is 2.21. The van der Waals surface area contributed by atoms with E-state index >= 15 is 0 Å². The van der Waals surface area contributed by atoms with Crippen molar-refractivity contribution in [2.75, 3.05) is 6.61 Å². The predicted octanol–water partition coefficient (Wildman–Crippen LogP) is 4.10. The fourth-order valence-corrected chi connectivity index (χ4v) is 4.23. The molecule has 0 aliphatic carbocycles. The number of ether oxygens (including phenoxy) is 2. The second-order valence-corrected chi connectivity index (χ2v) is 8.75. The van der Waals surface area contributed by atoms with Crippen molar-refractivity contribution in [3.05, 3.63) is 59.4 Å². The zero-order valence-corrected chi connectivity index (χ0v) is 19.8. The normalized spacial score (nSPS) is 11.8. The maximum Gasteiger partial charge on any atom is 0.335 e.